The summed E-state index contributed by atoms with van der Waals surface area (Å²) in [6, 6.07) is 6.52. The average molecular weight is 334 g/mol. The highest BCUT2D eigenvalue weighted by Crippen LogP contribution is 2.32. The van der Waals surface area contributed by atoms with Crippen LogP contribution in [0.2, 0.25) is 0 Å². The third-order valence-corrected chi connectivity index (χ3v) is 4.56. The first kappa shape index (κ1) is 19.3. The van der Waals surface area contributed by atoms with E-state index in [0.29, 0.717) is 12.2 Å². The lowest BCUT2D eigenvalue weighted by Gasteiger charge is -2.35. The number of morpholine rings is 1. The van der Waals surface area contributed by atoms with Crippen molar-refractivity contribution < 1.29 is 9.47 Å². The molecule has 24 heavy (non-hydrogen) atoms. The topological polar surface area (TPSA) is 21.7 Å². The van der Waals surface area contributed by atoms with E-state index in [-0.39, 0.29) is 5.41 Å². The van der Waals surface area contributed by atoms with Crippen LogP contribution in [0.25, 0.3) is 0 Å². The number of unbranched alkanes of at least 4 members (excludes halogenated alkanes) is 1. The Labute approximate surface area is 148 Å². The molecule has 2 atom stereocenters. The van der Waals surface area contributed by atoms with E-state index in [1.165, 1.54) is 17.5 Å². The van der Waals surface area contributed by atoms with E-state index in [0.717, 1.165) is 38.4 Å². The molecule has 1 fully saturated rings. The molecular formula is C21H35NO2. The Balaban J connectivity index is 1.77. The van der Waals surface area contributed by atoms with Gasteiger partial charge in [0.1, 0.15) is 5.75 Å². The third-order valence-electron chi connectivity index (χ3n) is 4.56. The number of ether oxygens (including phenoxy) is 2. The SMILES string of the molecule is Cc1ccc(OCCCCN2C[C@@H](C)O[C@H](C)C2)c(C(C)(C)C)c1. The zero-order valence-corrected chi connectivity index (χ0v) is 16.4. The maximum atomic E-state index is 6.11. The van der Waals surface area contributed by atoms with Crippen molar-refractivity contribution in [2.75, 3.05) is 26.2 Å². The summed E-state index contributed by atoms with van der Waals surface area (Å²) < 4.78 is 11.9. The van der Waals surface area contributed by atoms with Crippen LogP contribution >= 0.6 is 0 Å². The first-order valence-corrected chi connectivity index (χ1v) is 9.37. The number of hydrogen-bond donors (Lipinski definition) is 0. The van der Waals surface area contributed by atoms with Crippen LogP contribution in [0.4, 0.5) is 0 Å². The normalized spacial score (nSPS) is 22.6. The number of hydrogen-bond acceptors (Lipinski definition) is 3. The standard InChI is InChI=1S/C21H35NO2/c1-16-9-10-20(19(13-16)21(4,5)6)23-12-8-7-11-22-14-17(2)24-18(3)15-22/h9-10,13,17-18H,7-8,11-12,14-15H2,1-6H3/t17-,18-/m1/s1. The van der Waals surface area contributed by atoms with Crippen molar-refractivity contribution in [1.82, 2.24) is 4.90 Å². The monoisotopic (exact) mass is 333 g/mol. The van der Waals surface area contributed by atoms with E-state index < -0.39 is 0 Å². The molecule has 0 radical (unpaired) electrons. The molecule has 0 saturated carbocycles. The zero-order chi connectivity index (χ0) is 17.7. The molecule has 1 aromatic carbocycles. The Bertz CT molecular complexity index is 511. The van der Waals surface area contributed by atoms with Crippen molar-refractivity contribution in [3.63, 3.8) is 0 Å². The molecule has 1 aromatic rings. The average Bonchev–Trinajstić information content (AvgIpc) is 2.46. The maximum absolute atomic E-state index is 6.11. The van der Waals surface area contributed by atoms with Crippen LogP contribution in [0.5, 0.6) is 5.75 Å². The van der Waals surface area contributed by atoms with Gasteiger partial charge in [0.2, 0.25) is 0 Å². The lowest BCUT2D eigenvalue weighted by Crippen LogP contribution is -2.45. The number of aryl methyl sites for hydroxylation is 1. The highest BCUT2D eigenvalue weighted by Gasteiger charge is 2.21. The van der Waals surface area contributed by atoms with E-state index in [2.05, 4.69) is 64.6 Å². The molecule has 3 nitrogen and oxygen atoms in total. The maximum Gasteiger partial charge on any atom is 0.123 e. The summed E-state index contributed by atoms with van der Waals surface area (Å²) in [6.45, 7) is 17.2. The van der Waals surface area contributed by atoms with Crippen LogP contribution in [0.1, 0.15) is 58.6 Å². The fraction of sp³-hybridized carbons (Fsp3) is 0.714. The lowest BCUT2D eigenvalue weighted by atomic mass is 9.85. The molecule has 1 aliphatic heterocycles. The van der Waals surface area contributed by atoms with E-state index in [9.17, 15) is 0 Å². The Hall–Kier alpha value is -1.06. The predicted molar refractivity (Wildman–Crippen MR) is 101 cm³/mol. The second-order valence-corrected chi connectivity index (χ2v) is 8.32. The van der Waals surface area contributed by atoms with Crippen molar-refractivity contribution in [2.24, 2.45) is 0 Å². The van der Waals surface area contributed by atoms with Gasteiger partial charge in [0.05, 0.1) is 18.8 Å². The van der Waals surface area contributed by atoms with E-state index in [1.807, 2.05) is 0 Å². The molecule has 0 aliphatic carbocycles. The summed E-state index contributed by atoms with van der Waals surface area (Å²) in [4.78, 5) is 2.52. The molecule has 0 bridgehead atoms. The Kier molecular flexibility index (Phi) is 6.70. The number of nitrogens with zero attached hydrogens (tertiary/aromatic N) is 1. The highest BCUT2D eigenvalue weighted by molar-refractivity contribution is 5.41. The number of benzene rings is 1. The summed E-state index contributed by atoms with van der Waals surface area (Å²) in [7, 11) is 0. The van der Waals surface area contributed by atoms with E-state index in [1.54, 1.807) is 0 Å². The summed E-state index contributed by atoms with van der Waals surface area (Å²) in [5.41, 5.74) is 2.71. The van der Waals surface area contributed by atoms with Gasteiger partial charge in [-0.25, -0.2) is 0 Å². The van der Waals surface area contributed by atoms with Crippen molar-refractivity contribution in [1.29, 1.82) is 0 Å². The van der Waals surface area contributed by atoms with Crippen LogP contribution in [-0.2, 0) is 10.2 Å². The van der Waals surface area contributed by atoms with Crippen LogP contribution in [-0.4, -0.2) is 43.3 Å². The van der Waals surface area contributed by atoms with Crippen LogP contribution in [0, 0.1) is 6.92 Å². The molecule has 1 aliphatic rings. The molecule has 0 N–H and O–H groups in total. The molecule has 0 amide bonds. The van der Waals surface area contributed by atoms with Crippen LogP contribution < -0.4 is 4.74 Å². The summed E-state index contributed by atoms with van der Waals surface area (Å²) in [5, 5.41) is 0. The molecule has 0 unspecified atom stereocenters. The van der Waals surface area contributed by atoms with E-state index in [4.69, 9.17) is 9.47 Å². The molecule has 2 rings (SSSR count). The molecular weight excluding hydrogens is 298 g/mol. The van der Waals surface area contributed by atoms with Gasteiger partial charge in [-0.1, -0.05) is 38.5 Å². The molecule has 1 heterocycles. The van der Waals surface area contributed by atoms with Gasteiger partial charge < -0.3 is 9.47 Å². The van der Waals surface area contributed by atoms with Crippen molar-refractivity contribution >= 4 is 0 Å². The summed E-state index contributed by atoms with van der Waals surface area (Å²) in [6.07, 6.45) is 2.98. The first-order valence-electron chi connectivity index (χ1n) is 9.37. The van der Waals surface area contributed by atoms with Gasteiger partial charge in [0, 0.05) is 13.1 Å². The fourth-order valence-corrected chi connectivity index (χ4v) is 3.44. The van der Waals surface area contributed by atoms with E-state index >= 15 is 0 Å². The van der Waals surface area contributed by atoms with Gasteiger partial charge in [-0.15, -0.1) is 0 Å². The molecule has 0 aromatic heterocycles. The Morgan fingerprint density at radius 1 is 1.12 bits per heavy atom. The highest BCUT2D eigenvalue weighted by atomic mass is 16.5. The molecule has 136 valence electrons. The second kappa shape index (κ2) is 8.35. The Morgan fingerprint density at radius 3 is 2.42 bits per heavy atom. The lowest BCUT2D eigenvalue weighted by molar-refractivity contribution is -0.0682. The molecule has 1 saturated heterocycles. The smallest absolute Gasteiger partial charge is 0.123 e. The van der Waals surface area contributed by atoms with Crippen molar-refractivity contribution in [3.8, 4) is 5.75 Å². The predicted octanol–water partition coefficient (Wildman–Crippen LogP) is 4.56. The minimum Gasteiger partial charge on any atom is -0.493 e. The summed E-state index contributed by atoms with van der Waals surface area (Å²) >= 11 is 0. The van der Waals surface area contributed by atoms with Gasteiger partial charge in [0.15, 0.2) is 0 Å². The summed E-state index contributed by atoms with van der Waals surface area (Å²) in [5.74, 6) is 1.04. The van der Waals surface area contributed by atoms with Crippen molar-refractivity contribution in [3.05, 3.63) is 29.3 Å². The fourth-order valence-electron chi connectivity index (χ4n) is 3.44. The largest absolute Gasteiger partial charge is 0.493 e. The van der Waals surface area contributed by atoms with Gasteiger partial charge >= 0.3 is 0 Å². The first-order chi connectivity index (χ1) is 11.3. The minimum atomic E-state index is 0.113. The van der Waals surface area contributed by atoms with Gasteiger partial charge in [-0.05, 0) is 57.2 Å². The second-order valence-electron chi connectivity index (χ2n) is 8.32. The third kappa shape index (κ3) is 5.78. The zero-order valence-electron chi connectivity index (χ0n) is 16.4. The molecule has 3 heteroatoms. The van der Waals surface area contributed by atoms with Crippen LogP contribution in [0.3, 0.4) is 0 Å². The van der Waals surface area contributed by atoms with Gasteiger partial charge in [-0.2, -0.15) is 0 Å². The van der Waals surface area contributed by atoms with Gasteiger partial charge in [-0.3, -0.25) is 4.90 Å². The van der Waals surface area contributed by atoms with Gasteiger partial charge in [0.25, 0.3) is 0 Å². The number of rotatable bonds is 6. The van der Waals surface area contributed by atoms with Crippen molar-refractivity contribution in [2.45, 2.75) is 72.0 Å². The quantitative estimate of drug-likeness (QED) is 0.712. The van der Waals surface area contributed by atoms with Crippen LogP contribution in [0.15, 0.2) is 18.2 Å². The molecule has 0 spiro atoms. The minimum absolute atomic E-state index is 0.113. The Morgan fingerprint density at radius 2 is 1.79 bits per heavy atom.